The van der Waals surface area contributed by atoms with Gasteiger partial charge in [0, 0.05) is 24.4 Å². The van der Waals surface area contributed by atoms with Gasteiger partial charge in [0.05, 0.1) is 22.1 Å². The van der Waals surface area contributed by atoms with Gasteiger partial charge in [0.1, 0.15) is 11.6 Å². The van der Waals surface area contributed by atoms with Crippen LogP contribution in [0.2, 0.25) is 0 Å². The molecular weight excluding hydrogens is 352 g/mol. The molecule has 3 aromatic rings. The van der Waals surface area contributed by atoms with Crippen LogP contribution in [0, 0.1) is 11.6 Å². The van der Waals surface area contributed by atoms with Gasteiger partial charge in [-0.1, -0.05) is 12.1 Å². The molecule has 3 rings (SSSR count). The van der Waals surface area contributed by atoms with Gasteiger partial charge in [0.25, 0.3) is 0 Å². The van der Waals surface area contributed by atoms with Crippen LogP contribution in [0.1, 0.15) is 0 Å². The molecule has 0 unspecified atom stereocenters. The third kappa shape index (κ3) is 2.87. The van der Waals surface area contributed by atoms with E-state index in [9.17, 15) is 8.78 Å². The van der Waals surface area contributed by atoms with Crippen molar-refractivity contribution in [3.05, 3.63) is 64.8 Å². The first kappa shape index (κ1) is 14.7. The van der Waals surface area contributed by atoms with Crippen molar-refractivity contribution >= 4 is 27.3 Å². The summed E-state index contributed by atoms with van der Waals surface area (Å²) in [5.41, 5.74) is 2.78. The normalized spacial score (nSPS) is 10.7. The molecule has 0 aliphatic carbocycles. The van der Waals surface area contributed by atoms with Crippen LogP contribution in [0.25, 0.3) is 11.3 Å². The van der Waals surface area contributed by atoms with E-state index < -0.39 is 11.6 Å². The fourth-order valence-electron chi connectivity index (χ4n) is 2.23. The lowest BCUT2D eigenvalue weighted by atomic mass is 10.1. The Labute approximate surface area is 134 Å². The number of nitrogens with one attached hydrogen (secondary N) is 1. The number of hydrogen-bond donors (Lipinski definition) is 1. The van der Waals surface area contributed by atoms with Gasteiger partial charge in [-0.2, -0.15) is 5.10 Å². The Kier molecular flexibility index (Phi) is 3.94. The summed E-state index contributed by atoms with van der Waals surface area (Å²) in [6.45, 7) is 0. The van der Waals surface area contributed by atoms with E-state index in [1.807, 2.05) is 31.3 Å². The van der Waals surface area contributed by atoms with Crippen LogP contribution >= 0.6 is 15.9 Å². The summed E-state index contributed by atoms with van der Waals surface area (Å²) in [7, 11) is 1.85. The van der Waals surface area contributed by atoms with Crippen molar-refractivity contribution in [1.82, 2.24) is 9.78 Å². The third-order valence-corrected chi connectivity index (χ3v) is 3.82. The molecule has 0 aliphatic heterocycles. The zero-order valence-electron chi connectivity index (χ0n) is 11.6. The fraction of sp³-hybridized carbons (Fsp3) is 0.0625. The summed E-state index contributed by atoms with van der Waals surface area (Å²) >= 11 is 3.46. The van der Waals surface area contributed by atoms with Crippen LogP contribution < -0.4 is 5.32 Å². The predicted molar refractivity (Wildman–Crippen MR) is 86.0 cm³/mol. The SMILES string of the molecule is Cn1ncc(Br)c1-c1cccc(Nc2ccc(F)cc2F)c1. The molecule has 0 bridgehead atoms. The highest BCUT2D eigenvalue weighted by atomic mass is 79.9. The summed E-state index contributed by atoms with van der Waals surface area (Å²) in [5.74, 6) is -1.23. The summed E-state index contributed by atoms with van der Waals surface area (Å²) in [6, 6.07) is 10.9. The molecule has 0 spiro atoms. The first-order valence-corrected chi connectivity index (χ1v) is 7.34. The average molecular weight is 364 g/mol. The van der Waals surface area contributed by atoms with Crippen molar-refractivity contribution in [3.8, 4) is 11.3 Å². The van der Waals surface area contributed by atoms with E-state index >= 15 is 0 Å². The maximum atomic E-state index is 13.7. The van der Waals surface area contributed by atoms with Gasteiger partial charge in [-0.3, -0.25) is 4.68 Å². The van der Waals surface area contributed by atoms with Gasteiger partial charge < -0.3 is 5.32 Å². The van der Waals surface area contributed by atoms with E-state index in [2.05, 4.69) is 26.3 Å². The minimum Gasteiger partial charge on any atom is -0.353 e. The summed E-state index contributed by atoms with van der Waals surface area (Å²) in [5, 5.41) is 7.13. The Bertz CT molecular complexity index is 811. The van der Waals surface area contributed by atoms with Gasteiger partial charge in [0.15, 0.2) is 0 Å². The molecule has 0 fully saturated rings. The number of halogens is 3. The zero-order valence-corrected chi connectivity index (χ0v) is 13.2. The van der Waals surface area contributed by atoms with E-state index in [4.69, 9.17) is 0 Å². The Morgan fingerprint density at radius 1 is 1.14 bits per heavy atom. The first-order valence-electron chi connectivity index (χ1n) is 6.54. The Morgan fingerprint density at radius 2 is 1.95 bits per heavy atom. The Balaban J connectivity index is 1.95. The predicted octanol–water partition coefficient (Wildman–Crippen LogP) is 4.87. The largest absolute Gasteiger partial charge is 0.353 e. The van der Waals surface area contributed by atoms with Gasteiger partial charge in [-0.05, 0) is 40.2 Å². The lowest BCUT2D eigenvalue weighted by molar-refractivity contribution is 0.586. The first-order chi connectivity index (χ1) is 10.5. The van der Waals surface area contributed by atoms with Crippen LogP contribution in [0.5, 0.6) is 0 Å². The van der Waals surface area contributed by atoms with Crippen LogP contribution in [0.4, 0.5) is 20.2 Å². The van der Waals surface area contributed by atoms with E-state index in [1.165, 1.54) is 12.1 Å². The third-order valence-electron chi connectivity index (χ3n) is 3.24. The molecule has 0 aliphatic rings. The molecule has 0 atom stereocenters. The number of aromatic nitrogens is 2. The van der Waals surface area contributed by atoms with Gasteiger partial charge in [0.2, 0.25) is 0 Å². The van der Waals surface area contributed by atoms with Crippen LogP contribution in [-0.2, 0) is 7.05 Å². The van der Waals surface area contributed by atoms with Crippen molar-refractivity contribution in [1.29, 1.82) is 0 Å². The molecular formula is C16H12BrF2N3. The number of nitrogens with zero attached hydrogens (tertiary/aromatic N) is 2. The number of aryl methyl sites for hydroxylation is 1. The number of benzene rings is 2. The lowest BCUT2D eigenvalue weighted by Gasteiger charge is -2.10. The van der Waals surface area contributed by atoms with Crippen molar-refractivity contribution in [2.45, 2.75) is 0 Å². The Hall–Kier alpha value is -2.21. The van der Waals surface area contributed by atoms with E-state index in [1.54, 1.807) is 10.9 Å². The molecule has 6 heteroatoms. The second kappa shape index (κ2) is 5.88. The second-order valence-electron chi connectivity index (χ2n) is 4.79. The molecule has 0 radical (unpaired) electrons. The highest BCUT2D eigenvalue weighted by Crippen LogP contribution is 2.30. The molecule has 1 heterocycles. The highest BCUT2D eigenvalue weighted by molar-refractivity contribution is 9.10. The second-order valence-corrected chi connectivity index (χ2v) is 5.65. The highest BCUT2D eigenvalue weighted by Gasteiger charge is 2.10. The molecule has 3 nitrogen and oxygen atoms in total. The van der Waals surface area contributed by atoms with Crippen LogP contribution in [-0.4, -0.2) is 9.78 Å². The number of anilines is 2. The Morgan fingerprint density at radius 3 is 2.64 bits per heavy atom. The standard InChI is InChI=1S/C16H12BrF2N3/c1-22-16(13(17)9-20-22)10-3-2-4-12(7-10)21-15-6-5-11(18)8-14(15)19/h2-9,21H,1H3. The van der Waals surface area contributed by atoms with Gasteiger partial charge >= 0.3 is 0 Å². The van der Waals surface area contributed by atoms with E-state index in [0.29, 0.717) is 5.69 Å². The minimum atomic E-state index is -0.632. The van der Waals surface area contributed by atoms with Gasteiger partial charge in [-0.15, -0.1) is 0 Å². The molecule has 0 saturated carbocycles. The van der Waals surface area contributed by atoms with E-state index in [-0.39, 0.29) is 5.69 Å². The number of hydrogen-bond acceptors (Lipinski definition) is 2. The fourth-order valence-corrected chi connectivity index (χ4v) is 2.80. The molecule has 112 valence electrons. The number of rotatable bonds is 3. The quantitative estimate of drug-likeness (QED) is 0.719. The summed E-state index contributed by atoms with van der Waals surface area (Å²) < 4.78 is 29.3. The molecule has 0 saturated heterocycles. The smallest absolute Gasteiger partial charge is 0.149 e. The van der Waals surface area contributed by atoms with Crippen LogP contribution in [0.3, 0.4) is 0 Å². The minimum absolute atomic E-state index is 0.225. The van der Waals surface area contributed by atoms with Crippen molar-refractivity contribution in [2.24, 2.45) is 7.05 Å². The van der Waals surface area contributed by atoms with Crippen molar-refractivity contribution in [3.63, 3.8) is 0 Å². The van der Waals surface area contributed by atoms with E-state index in [0.717, 1.165) is 21.8 Å². The average Bonchev–Trinajstić information content (AvgIpc) is 2.81. The maximum absolute atomic E-state index is 13.7. The zero-order chi connectivity index (χ0) is 15.7. The molecule has 1 N–H and O–H groups in total. The topological polar surface area (TPSA) is 29.9 Å². The molecule has 1 aromatic heterocycles. The van der Waals surface area contributed by atoms with Gasteiger partial charge in [-0.25, -0.2) is 8.78 Å². The molecule has 22 heavy (non-hydrogen) atoms. The summed E-state index contributed by atoms with van der Waals surface area (Å²) in [6.07, 6.45) is 1.72. The van der Waals surface area contributed by atoms with Crippen molar-refractivity contribution in [2.75, 3.05) is 5.32 Å². The maximum Gasteiger partial charge on any atom is 0.149 e. The lowest BCUT2D eigenvalue weighted by Crippen LogP contribution is -1.97. The van der Waals surface area contributed by atoms with Crippen LogP contribution in [0.15, 0.2) is 53.1 Å². The summed E-state index contributed by atoms with van der Waals surface area (Å²) in [4.78, 5) is 0. The molecule has 0 amide bonds. The van der Waals surface area contributed by atoms with Crippen molar-refractivity contribution < 1.29 is 8.78 Å². The monoisotopic (exact) mass is 363 g/mol. The molecule has 2 aromatic carbocycles.